The third-order valence-corrected chi connectivity index (χ3v) is 2.59. The van der Waals surface area contributed by atoms with Crippen LogP contribution in [0.2, 0.25) is 0 Å². The molecule has 0 fully saturated rings. The SMILES string of the molecule is O=C(Nc1nn[nH]n1)c1cc(=O)[nH]c(-c2ccccc2)n1. The van der Waals surface area contributed by atoms with E-state index in [1.165, 1.54) is 0 Å². The first-order chi connectivity index (χ1) is 10.2. The quantitative estimate of drug-likeness (QED) is 0.629. The van der Waals surface area contributed by atoms with E-state index < -0.39 is 11.5 Å². The fraction of sp³-hybridized carbons (Fsp3) is 0. The van der Waals surface area contributed by atoms with Gasteiger partial charge in [-0.3, -0.25) is 14.9 Å². The lowest BCUT2D eigenvalue weighted by Gasteiger charge is -2.03. The van der Waals surface area contributed by atoms with Crippen molar-refractivity contribution in [1.29, 1.82) is 0 Å². The predicted octanol–water partition coefficient (Wildman–Crippen LogP) is 0.202. The minimum Gasteiger partial charge on any atom is -0.306 e. The summed E-state index contributed by atoms with van der Waals surface area (Å²) >= 11 is 0. The van der Waals surface area contributed by atoms with Gasteiger partial charge in [-0.15, -0.1) is 5.10 Å². The van der Waals surface area contributed by atoms with Gasteiger partial charge in [0, 0.05) is 11.6 Å². The van der Waals surface area contributed by atoms with E-state index in [2.05, 4.69) is 35.9 Å². The number of carbonyl (C=O) groups excluding carboxylic acids is 1. The second-order valence-corrected chi connectivity index (χ2v) is 4.03. The molecule has 0 unspecified atom stereocenters. The normalized spacial score (nSPS) is 10.3. The molecule has 3 rings (SSSR count). The van der Waals surface area contributed by atoms with Crippen molar-refractivity contribution in [3.05, 3.63) is 52.4 Å². The average Bonchev–Trinajstić information content (AvgIpc) is 3.00. The number of aromatic nitrogens is 6. The number of nitrogens with one attached hydrogen (secondary N) is 3. The van der Waals surface area contributed by atoms with Gasteiger partial charge in [0.05, 0.1) is 0 Å². The maximum Gasteiger partial charge on any atom is 0.276 e. The Morgan fingerprint density at radius 3 is 2.71 bits per heavy atom. The Balaban J connectivity index is 1.95. The molecule has 0 saturated heterocycles. The molecule has 0 bridgehead atoms. The monoisotopic (exact) mass is 283 g/mol. The van der Waals surface area contributed by atoms with Crippen LogP contribution < -0.4 is 10.9 Å². The van der Waals surface area contributed by atoms with Crippen LogP contribution in [-0.4, -0.2) is 36.5 Å². The van der Waals surface area contributed by atoms with Gasteiger partial charge in [0.15, 0.2) is 0 Å². The van der Waals surface area contributed by atoms with Crippen molar-refractivity contribution < 1.29 is 4.79 Å². The van der Waals surface area contributed by atoms with Crippen molar-refractivity contribution >= 4 is 11.9 Å². The van der Waals surface area contributed by atoms with E-state index in [1.807, 2.05) is 6.07 Å². The van der Waals surface area contributed by atoms with Crippen molar-refractivity contribution in [2.45, 2.75) is 0 Å². The molecule has 1 amide bonds. The summed E-state index contributed by atoms with van der Waals surface area (Å²) in [6, 6.07) is 10.1. The van der Waals surface area contributed by atoms with Gasteiger partial charge in [0.2, 0.25) is 0 Å². The Bertz CT molecular complexity index is 811. The molecule has 0 spiro atoms. The van der Waals surface area contributed by atoms with E-state index >= 15 is 0 Å². The molecule has 9 nitrogen and oxygen atoms in total. The largest absolute Gasteiger partial charge is 0.306 e. The Morgan fingerprint density at radius 2 is 2.00 bits per heavy atom. The maximum atomic E-state index is 12.0. The minimum atomic E-state index is -0.598. The molecule has 0 radical (unpaired) electrons. The highest BCUT2D eigenvalue weighted by molar-refractivity contribution is 6.01. The number of hydrogen-bond donors (Lipinski definition) is 3. The maximum absolute atomic E-state index is 12.0. The minimum absolute atomic E-state index is 0.00310. The van der Waals surface area contributed by atoms with E-state index in [4.69, 9.17) is 0 Å². The summed E-state index contributed by atoms with van der Waals surface area (Å²) in [5, 5.41) is 15.1. The number of anilines is 1. The van der Waals surface area contributed by atoms with Crippen molar-refractivity contribution in [2.24, 2.45) is 0 Å². The summed E-state index contributed by atoms with van der Waals surface area (Å²) in [4.78, 5) is 30.4. The van der Waals surface area contributed by atoms with Gasteiger partial charge < -0.3 is 4.98 Å². The van der Waals surface area contributed by atoms with Gasteiger partial charge in [-0.2, -0.15) is 5.21 Å². The molecule has 0 aliphatic heterocycles. The number of H-pyrrole nitrogens is 2. The van der Waals surface area contributed by atoms with Crippen LogP contribution in [0.1, 0.15) is 10.5 Å². The summed E-state index contributed by atoms with van der Waals surface area (Å²) in [6.45, 7) is 0. The third-order valence-electron chi connectivity index (χ3n) is 2.59. The molecule has 1 aromatic carbocycles. The fourth-order valence-corrected chi connectivity index (χ4v) is 1.69. The van der Waals surface area contributed by atoms with Gasteiger partial charge in [-0.25, -0.2) is 4.98 Å². The molecule has 0 aliphatic rings. The molecular formula is C12H9N7O2. The van der Waals surface area contributed by atoms with Crippen molar-refractivity contribution in [3.63, 3.8) is 0 Å². The average molecular weight is 283 g/mol. The first-order valence-electron chi connectivity index (χ1n) is 5.94. The summed E-state index contributed by atoms with van der Waals surface area (Å²) in [7, 11) is 0. The van der Waals surface area contributed by atoms with Crippen LogP contribution >= 0.6 is 0 Å². The number of carbonyl (C=O) groups is 1. The molecule has 2 heterocycles. The third kappa shape index (κ3) is 2.81. The van der Waals surface area contributed by atoms with Gasteiger partial charge in [0.25, 0.3) is 17.4 Å². The van der Waals surface area contributed by atoms with E-state index in [0.29, 0.717) is 11.4 Å². The lowest BCUT2D eigenvalue weighted by molar-refractivity contribution is 0.102. The van der Waals surface area contributed by atoms with Crippen LogP contribution in [0.3, 0.4) is 0 Å². The standard InChI is InChI=1S/C12H9N7O2/c20-9-6-8(11(21)15-12-16-18-19-17-12)13-10(14-9)7-4-2-1-3-5-7/h1-6H,(H,13,14,20)(H2,15,16,17,18,19,21). The van der Waals surface area contributed by atoms with Gasteiger partial charge >= 0.3 is 0 Å². The Labute approximate surface area is 117 Å². The molecule has 3 aromatic rings. The van der Waals surface area contributed by atoms with Crippen molar-refractivity contribution in [1.82, 2.24) is 30.6 Å². The van der Waals surface area contributed by atoms with Crippen LogP contribution in [0, 0.1) is 0 Å². The zero-order chi connectivity index (χ0) is 14.7. The Hall–Kier alpha value is -3.36. The highest BCUT2D eigenvalue weighted by atomic mass is 16.2. The number of benzene rings is 1. The molecule has 0 aliphatic carbocycles. The molecule has 9 heteroatoms. The summed E-state index contributed by atoms with van der Waals surface area (Å²) in [6.07, 6.45) is 0. The Morgan fingerprint density at radius 1 is 1.19 bits per heavy atom. The number of hydrogen-bond acceptors (Lipinski definition) is 6. The first-order valence-corrected chi connectivity index (χ1v) is 5.94. The van der Waals surface area contributed by atoms with Crippen LogP contribution in [0.5, 0.6) is 0 Å². The molecule has 0 atom stereocenters. The fourth-order valence-electron chi connectivity index (χ4n) is 1.69. The second kappa shape index (κ2) is 5.33. The van der Waals surface area contributed by atoms with E-state index in [0.717, 1.165) is 6.07 Å². The van der Waals surface area contributed by atoms with Crippen LogP contribution in [0.4, 0.5) is 5.95 Å². The number of amides is 1. The number of rotatable bonds is 3. The zero-order valence-corrected chi connectivity index (χ0v) is 10.6. The van der Waals surface area contributed by atoms with Crippen molar-refractivity contribution in [3.8, 4) is 11.4 Å². The first kappa shape index (κ1) is 12.7. The second-order valence-electron chi connectivity index (χ2n) is 4.03. The molecule has 104 valence electrons. The smallest absolute Gasteiger partial charge is 0.276 e. The molecule has 0 saturated carbocycles. The highest BCUT2D eigenvalue weighted by Crippen LogP contribution is 2.12. The molecule has 2 aromatic heterocycles. The van der Waals surface area contributed by atoms with E-state index in [-0.39, 0.29) is 11.6 Å². The summed E-state index contributed by atoms with van der Waals surface area (Å²) in [5.74, 6) is -0.288. The Kier molecular flexibility index (Phi) is 3.21. The molecule has 3 N–H and O–H groups in total. The summed E-state index contributed by atoms with van der Waals surface area (Å²) in [5.41, 5.74) is 0.230. The zero-order valence-electron chi connectivity index (χ0n) is 10.6. The lowest BCUT2D eigenvalue weighted by Crippen LogP contribution is -2.19. The van der Waals surface area contributed by atoms with Crippen molar-refractivity contribution in [2.75, 3.05) is 5.32 Å². The van der Waals surface area contributed by atoms with Crippen LogP contribution in [0.15, 0.2) is 41.2 Å². The predicted molar refractivity (Wildman–Crippen MR) is 72.4 cm³/mol. The topological polar surface area (TPSA) is 129 Å². The number of nitrogens with zero attached hydrogens (tertiary/aromatic N) is 4. The summed E-state index contributed by atoms with van der Waals surface area (Å²) < 4.78 is 0. The van der Waals surface area contributed by atoms with Gasteiger partial charge in [-0.1, -0.05) is 35.4 Å². The lowest BCUT2D eigenvalue weighted by atomic mass is 10.2. The highest BCUT2D eigenvalue weighted by Gasteiger charge is 2.13. The van der Waals surface area contributed by atoms with Crippen LogP contribution in [0.25, 0.3) is 11.4 Å². The molecule has 21 heavy (non-hydrogen) atoms. The van der Waals surface area contributed by atoms with Gasteiger partial charge in [0.1, 0.15) is 11.5 Å². The van der Waals surface area contributed by atoms with Gasteiger partial charge in [-0.05, 0) is 5.21 Å². The van der Waals surface area contributed by atoms with E-state index in [9.17, 15) is 9.59 Å². The van der Waals surface area contributed by atoms with E-state index in [1.54, 1.807) is 24.3 Å². The number of aromatic amines is 2. The number of tetrazole rings is 1. The molecular weight excluding hydrogens is 274 g/mol. The van der Waals surface area contributed by atoms with Crippen LogP contribution in [-0.2, 0) is 0 Å².